The Morgan fingerprint density at radius 1 is 1.11 bits per heavy atom. The van der Waals surface area contributed by atoms with Crippen molar-refractivity contribution in [3.63, 3.8) is 0 Å². The monoisotopic (exact) mass is 493 g/mol. The van der Waals surface area contributed by atoms with Crippen molar-refractivity contribution >= 4 is 34.6 Å². The molecule has 0 spiro atoms. The van der Waals surface area contributed by atoms with Gasteiger partial charge in [-0.3, -0.25) is 4.79 Å². The number of anilines is 3. The van der Waals surface area contributed by atoms with Gasteiger partial charge in [0.05, 0.1) is 36.4 Å². The Morgan fingerprint density at radius 3 is 2.43 bits per heavy atom. The molecule has 184 valence electrons. The molecule has 0 radical (unpaired) electrons. The van der Waals surface area contributed by atoms with Gasteiger partial charge in [-0.2, -0.15) is 0 Å². The number of rotatable bonds is 7. The van der Waals surface area contributed by atoms with E-state index in [-0.39, 0.29) is 18.4 Å². The molecule has 7 heteroatoms. The van der Waals surface area contributed by atoms with E-state index < -0.39 is 6.04 Å². The van der Waals surface area contributed by atoms with Crippen LogP contribution in [0.2, 0.25) is 5.02 Å². The lowest BCUT2D eigenvalue weighted by atomic mass is 9.86. The second-order valence-corrected chi connectivity index (χ2v) is 9.48. The number of ether oxygens (including phenoxy) is 2. The molecule has 3 aromatic rings. The Morgan fingerprint density at radius 2 is 1.83 bits per heavy atom. The second-order valence-electron chi connectivity index (χ2n) is 9.07. The molecule has 0 saturated heterocycles. The zero-order valence-electron chi connectivity index (χ0n) is 20.8. The molecule has 0 bridgehead atoms. The fourth-order valence-corrected chi connectivity index (χ4v) is 4.49. The summed E-state index contributed by atoms with van der Waals surface area (Å²) >= 11 is 6.24. The maximum absolute atomic E-state index is 13.6. The van der Waals surface area contributed by atoms with Gasteiger partial charge in [0.15, 0.2) is 11.5 Å². The van der Waals surface area contributed by atoms with Crippen LogP contribution in [0.1, 0.15) is 43.0 Å². The summed E-state index contributed by atoms with van der Waals surface area (Å²) in [6, 6.07) is 17.0. The molecule has 1 aliphatic rings. The van der Waals surface area contributed by atoms with E-state index in [9.17, 15) is 4.79 Å². The first-order valence-corrected chi connectivity index (χ1v) is 12.1. The van der Waals surface area contributed by atoms with Crippen LogP contribution in [0.25, 0.3) is 0 Å². The van der Waals surface area contributed by atoms with Crippen molar-refractivity contribution in [2.45, 2.75) is 38.8 Å². The number of nitrogens with zero attached hydrogens (tertiary/aromatic N) is 2. The quantitative estimate of drug-likeness (QED) is 0.418. The van der Waals surface area contributed by atoms with Crippen molar-refractivity contribution < 1.29 is 14.3 Å². The predicted octanol–water partition coefficient (Wildman–Crippen LogP) is 5.85. The summed E-state index contributed by atoms with van der Waals surface area (Å²) in [5.74, 6) is 1.27. The summed E-state index contributed by atoms with van der Waals surface area (Å²) in [5, 5.41) is 0.480. The number of carbonyl (C=O) groups excluding carboxylic acids is 1. The fraction of sp³-hybridized carbons (Fsp3) is 0.321. The van der Waals surface area contributed by atoms with Crippen molar-refractivity contribution in [2.24, 2.45) is 0 Å². The van der Waals surface area contributed by atoms with Gasteiger partial charge in [0.1, 0.15) is 0 Å². The normalized spacial score (nSPS) is 16.0. The van der Waals surface area contributed by atoms with Crippen LogP contribution >= 0.6 is 11.6 Å². The number of nitrogens with two attached hydrogens (primary N) is 1. The van der Waals surface area contributed by atoms with E-state index >= 15 is 0 Å². The van der Waals surface area contributed by atoms with Gasteiger partial charge in [-0.25, -0.2) is 0 Å². The van der Waals surface area contributed by atoms with Gasteiger partial charge in [-0.15, -0.1) is 0 Å². The lowest BCUT2D eigenvalue weighted by Crippen LogP contribution is -2.41. The first-order chi connectivity index (χ1) is 16.7. The third-order valence-electron chi connectivity index (χ3n) is 6.47. The minimum Gasteiger partial charge on any atom is -0.493 e. The molecule has 0 aromatic heterocycles. The van der Waals surface area contributed by atoms with Crippen LogP contribution in [-0.4, -0.2) is 33.2 Å². The molecular formula is C28H32ClN3O3. The molecule has 0 saturated carbocycles. The van der Waals surface area contributed by atoms with Crippen LogP contribution in [0.5, 0.6) is 11.5 Å². The topological polar surface area (TPSA) is 68.0 Å². The Hall–Kier alpha value is -3.38. The Labute approximate surface area is 212 Å². The Kier molecular flexibility index (Phi) is 7.13. The largest absolute Gasteiger partial charge is 0.493 e. The maximum Gasteiger partial charge on any atom is 0.232 e. The van der Waals surface area contributed by atoms with E-state index in [1.165, 1.54) is 0 Å². The van der Waals surface area contributed by atoms with Gasteiger partial charge in [-0.1, -0.05) is 24.6 Å². The smallest absolute Gasteiger partial charge is 0.232 e. The maximum atomic E-state index is 13.6. The lowest BCUT2D eigenvalue weighted by Gasteiger charge is -2.38. The molecule has 4 rings (SSSR count). The van der Waals surface area contributed by atoms with E-state index in [2.05, 4.69) is 6.92 Å². The molecule has 1 amide bonds. The van der Waals surface area contributed by atoms with Crippen LogP contribution in [0.15, 0.2) is 54.6 Å². The average molecular weight is 494 g/mol. The number of hydrogen-bond donors (Lipinski definition) is 1. The van der Waals surface area contributed by atoms with Crippen LogP contribution in [0, 0.1) is 0 Å². The molecule has 35 heavy (non-hydrogen) atoms. The van der Waals surface area contributed by atoms with Gasteiger partial charge in [-0.05, 0) is 78.6 Å². The molecule has 2 N–H and O–H groups in total. The van der Waals surface area contributed by atoms with Crippen molar-refractivity contribution in [2.75, 3.05) is 36.7 Å². The summed E-state index contributed by atoms with van der Waals surface area (Å²) in [6.45, 7) is 4.10. The third-order valence-corrected chi connectivity index (χ3v) is 6.82. The van der Waals surface area contributed by atoms with E-state index in [1.807, 2.05) is 79.3 Å². The number of fused-ring (bicyclic) bond motifs is 1. The minimum atomic E-state index is -0.402. The lowest BCUT2D eigenvalue weighted by molar-refractivity contribution is -0.118. The molecule has 2 unspecified atom stereocenters. The zero-order valence-corrected chi connectivity index (χ0v) is 21.6. The van der Waals surface area contributed by atoms with Crippen molar-refractivity contribution in [1.29, 1.82) is 0 Å². The number of amides is 1. The summed E-state index contributed by atoms with van der Waals surface area (Å²) in [4.78, 5) is 17.5. The Balaban J connectivity index is 1.91. The minimum absolute atomic E-state index is 0.00808. The van der Waals surface area contributed by atoms with Gasteiger partial charge in [0, 0.05) is 25.5 Å². The standard InChI is InChI=1S/C28H32ClN3O3/c1-6-17(2)35-26-16-22-19(14-25(26)34-5)15-27(33)32(21-10-8-20(9-11-21)31(3)4)28(22)18-7-12-23(29)24(30)13-18/h7-14,16-17,28H,6,15,30H2,1-5H3. The molecule has 0 fully saturated rings. The van der Waals surface area contributed by atoms with Crippen LogP contribution in [-0.2, 0) is 11.2 Å². The van der Waals surface area contributed by atoms with Gasteiger partial charge < -0.3 is 25.0 Å². The van der Waals surface area contributed by atoms with Crippen LogP contribution in [0.3, 0.4) is 0 Å². The summed E-state index contributed by atoms with van der Waals surface area (Å²) in [6.07, 6.45) is 1.14. The number of hydrogen-bond acceptors (Lipinski definition) is 5. The first kappa shape index (κ1) is 24.7. The van der Waals surface area contributed by atoms with Crippen molar-refractivity contribution in [3.8, 4) is 11.5 Å². The van der Waals surface area contributed by atoms with Crippen molar-refractivity contribution in [3.05, 3.63) is 76.3 Å². The van der Waals surface area contributed by atoms with E-state index in [0.29, 0.717) is 22.2 Å². The highest BCUT2D eigenvalue weighted by Gasteiger charge is 2.36. The van der Waals surface area contributed by atoms with E-state index in [0.717, 1.165) is 34.5 Å². The highest BCUT2D eigenvalue weighted by Crippen LogP contribution is 2.44. The average Bonchev–Trinajstić information content (AvgIpc) is 2.84. The van der Waals surface area contributed by atoms with E-state index in [1.54, 1.807) is 13.2 Å². The zero-order chi connectivity index (χ0) is 25.3. The van der Waals surface area contributed by atoms with Gasteiger partial charge in [0.25, 0.3) is 0 Å². The van der Waals surface area contributed by atoms with Gasteiger partial charge >= 0.3 is 0 Å². The number of benzene rings is 3. The third kappa shape index (κ3) is 4.89. The fourth-order valence-electron chi connectivity index (χ4n) is 4.37. The number of nitrogen functional groups attached to an aromatic ring is 1. The van der Waals surface area contributed by atoms with Crippen LogP contribution < -0.4 is 25.0 Å². The van der Waals surface area contributed by atoms with Gasteiger partial charge in [0.2, 0.25) is 5.91 Å². The molecule has 1 heterocycles. The molecule has 3 aromatic carbocycles. The first-order valence-electron chi connectivity index (χ1n) is 11.7. The van der Waals surface area contributed by atoms with Crippen LogP contribution in [0.4, 0.5) is 17.1 Å². The van der Waals surface area contributed by atoms with E-state index in [4.69, 9.17) is 26.8 Å². The molecular weight excluding hydrogens is 462 g/mol. The van der Waals surface area contributed by atoms with Crippen molar-refractivity contribution in [1.82, 2.24) is 0 Å². The number of methoxy groups -OCH3 is 1. The predicted molar refractivity (Wildman–Crippen MR) is 143 cm³/mol. The summed E-state index contributed by atoms with van der Waals surface area (Å²) < 4.78 is 11.8. The second kappa shape index (κ2) is 10.1. The SMILES string of the molecule is CCC(C)Oc1cc2c(cc1OC)CC(=O)N(c1ccc(N(C)C)cc1)C2c1ccc(Cl)c(N)c1. The molecule has 6 nitrogen and oxygen atoms in total. The highest BCUT2D eigenvalue weighted by molar-refractivity contribution is 6.33. The number of halogens is 1. The molecule has 2 atom stereocenters. The Bertz CT molecular complexity index is 1230. The summed E-state index contributed by atoms with van der Waals surface area (Å²) in [7, 11) is 5.59. The number of carbonyl (C=O) groups is 1. The highest BCUT2D eigenvalue weighted by atomic mass is 35.5. The molecule has 0 aliphatic carbocycles. The molecule has 1 aliphatic heterocycles. The summed E-state index contributed by atoms with van der Waals surface area (Å²) in [5.41, 5.74) is 11.3.